The second kappa shape index (κ2) is 8.81. The summed E-state index contributed by atoms with van der Waals surface area (Å²) in [5.74, 6) is -0.0581. The van der Waals surface area contributed by atoms with Gasteiger partial charge in [0.25, 0.3) is 5.56 Å². The molecule has 1 amide bonds. The van der Waals surface area contributed by atoms with Crippen molar-refractivity contribution in [2.75, 3.05) is 0 Å². The highest BCUT2D eigenvalue weighted by Gasteiger charge is 2.11. The third-order valence-electron chi connectivity index (χ3n) is 4.49. The van der Waals surface area contributed by atoms with Crippen molar-refractivity contribution in [2.24, 2.45) is 0 Å². The van der Waals surface area contributed by atoms with Crippen LogP contribution in [-0.2, 0) is 17.8 Å². The topological polar surface area (TPSA) is 84.0 Å². The highest BCUT2D eigenvalue weighted by molar-refractivity contribution is 7.17. The van der Waals surface area contributed by atoms with Crippen LogP contribution in [0.1, 0.15) is 31.7 Å². The van der Waals surface area contributed by atoms with Crippen molar-refractivity contribution < 1.29 is 4.79 Å². The molecule has 3 aromatic rings. The molecule has 0 aliphatic rings. The Morgan fingerprint density at radius 3 is 2.78 bits per heavy atom. The van der Waals surface area contributed by atoms with Gasteiger partial charge in [0.15, 0.2) is 0 Å². The normalized spacial score (nSPS) is 12.2. The lowest BCUT2D eigenvalue weighted by molar-refractivity contribution is -0.121. The van der Waals surface area contributed by atoms with Crippen LogP contribution in [0.3, 0.4) is 0 Å². The van der Waals surface area contributed by atoms with E-state index in [1.165, 1.54) is 21.5 Å². The molecule has 6 nitrogen and oxygen atoms in total. The fourth-order valence-corrected chi connectivity index (χ4v) is 3.82. The maximum absolute atomic E-state index is 12.3. The van der Waals surface area contributed by atoms with Crippen LogP contribution >= 0.6 is 11.3 Å². The molecule has 0 unspecified atom stereocenters. The lowest BCUT2D eigenvalue weighted by atomic mass is 10.1. The number of amides is 1. The molecule has 0 saturated heterocycles. The first-order valence-electron chi connectivity index (χ1n) is 9.08. The van der Waals surface area contributed by atoms with Crippen molar-refractivity contribution in [1.29, 1.82) is 0 Å². The number of nitrogens with zero attached hydrogens (tertiary/aromatic N) is 1. The fraction of sp³-hybridized carbons (Fsp3) is 0.350. The molecular formula is C20H23N3O3S. The predicted molar refractivity (Wildman–Crippen MR) is 108 cm³/mol. The van der Waals surface area contributed by atoms with Crippen molar-refractivity contribution in [1.82, 2.24) is 14.9 Å². The van der Waals surface area contributed by atoms with Gasteiger partial charge < -0.3 is 10.3 Å². The summed E-state index contributed by atoms with van der Waals surface area (Å²) in [6.45, 7) is 2.22. The number of aromatic nitrogens is 2. The summed E-state index contributed by atoms with van der Waals surface area (Å²) in [4.78, 5) is 39.2. The maximum Gasteiger partial charge on any atom is 0.328 e. The molecule has 27 heavy (non-hydrogen) atoms. The zero-order chi connectivity index (χ0) is 19.2. The summed E-state index contributed by atoms with van der Waals surface area (Å²) in [5.41, 5.74) is 1.10. The van der Waals surface area contributed by atoms with E-state index in [2.05, 4.69) is 22.4 Å². The quantitative estimate of drug-likeness (QED) is 0.625. The van der Waals surface area contributed by atoms with E-state index < -0.39 is 5.69 Å². The van der Waals surface area contributed by atoms with Crippen molar-refractivity contribution in [3.63, 3.8) is 0 Å². The lowest BCUT2D eigenvalue weighted by Crippen LogP contribution is -2.36. The van der Waals surface area contributed by atoms with E-state index in [1.54, 1.807) is 11.4 Å². The molecule has 7 heteroatoms. The first-order chi connectivity index (χ1) is 13.0. The standard InChI is InChI=1S/C20H23N3O3S/c1-14(9-10-15-6-3-2-4-7-15)21-17(24)8-5-12-23-19(25)18-16(11-13-27-18)22-20(23)26/h2-4,6-7,11,13-14H,5,8-10,12H2,1H3,(H,21,24)(H,22,26)/t14-/m1/s1. The number of aromatic amines is 1. The second-order valence-electron chi connectivity index (χ2n) is 6.65. The number of rotatable bonds is 8. The molecule has 2 heterocycles. The van der Waals surface area contributed by atoms with Gasteiger partial charge in [-0.15, -0.1) is 11.3 Å². The predicted octanol–water partition coefficient (Wildman–Crippen LogP) is 2.67. The summed E-state index contributed by atoms with van der Waals surface area (Å²) >= 11 is 1.31. The number of benzene rings is 1. The number of thiophene rings is 1. The van der Waals surface area contributed by atoms with Gasteiger partial charge in [0.05, 0.1) is 5.52 Å². The Labute approximate surface area is 160 Å². The molecule has 0 aliphatic heterocycles. The molecule has 0 fully saturated rings. The van der Waals surface area contributed by atoms with Gasteiger partial charge in [0.2, 0.25) is 5.91 Å². The van der Waals surface area contributed by atoms with Gasteiger partial charge >= 0.3 is 5.69 Å². The highest BCUT2D eigenvalue weighted by Crippen LogP contribution is 2.12. The number of carbonyl (C=O) groups is 1. The van der Waals surface area contributed by atoms with Gasteiger partial charge in [-0.05, 0) is 43.2 Å². The monoisotopic (exact) mass is 385 g/mol. The molecule has 1 aromatic carbocycles. The summed E-state index contributed by atoms with van der Waals surface area (Å²) < 4.78 is 1.71. The van der Waals surface area contributed by atoms with Crippen LogP contribution < -0.4 is 16.6 Å². The minimum atomic E-state index is -0.428. The van der Waals surface area contributed by atoms with E-state index in [0.29, 0.717) is 16.6 Å². The van der Waals surface area contributed by atoms with Gasteiger partial charge in [-0.25, -0.2) is 4.79 Å². The van der Waals surface area contributed by atoms with Crippen LogP contribution in [0.15, 0.2) is 51.4 Å². The molecule has 3 rings (SSSR count). The number of aryl methyl sites for hydroxylation is 1. The van der Waals surface area contributed by atoms with E-state index in [9.17, 15) is 14.4 Å². The molecular weight excluding hydrogens is 362 g/mol. The third kappa shape index (κ3) is 4.95. The molecule has 0 bridgehead atoms. The van der Waals surface area contributed by atoms with Crippen LogP contribution in [0, 0.1) is 0 Å². The van der Waals surface area contributed by atoms with E-state index in [1.807, 2.05) is 25.1 Å². The van der Waals surface area contributed by atoms with E-state index in [-0.39, 0.29) is 30.5 Å². The van der Waals surface area contributed by atoms with Gasteiger partial charge in [0.1, 0.15) is 4.70 Å². The zero-order valence-electron chi connectivity index (χ0n) is 15.2. The minimum Gasteiger partial charge on any atom is -0.354 e. The van der Waals surface area contributed by atoms with Crippen LogP contribution in [-0.4, -0.2) is 21.5 Å². The number of hydrogen-bond acceptors (Lipinski definition) is 4. The highest BCUT2D eigenvalue weighted by atomic mass is 32.1. The van der Waals surface area contributed by atoms with Gasteiger partial charge in [0, 0.05) is 19.0 Å². The maximum atomic E-state index is 12.3. The Morgan fingerprint density at radius 1 is 1.22 bits per heavy atom. The number of H-pyrrole nitrogens is 1. The summed E-state index contributed by atoms with van der Waals surface area (Å²) in [6, 6.07) is 12.0. The third-order valence-corrected chi connectivity index (χ3v) is 5.40. The number of nitrogens with one attached hydrogen (secondary N) is 2. The number of hydrogen-bond donors (Lipinski definition) is 2. The Balaban J connectivity index is 1.47. The van der Waals surface area contributed by atoms with Crippen LogP contribution in [0.4, 0.5) is 0 Å². The van der Waals surface area contributed by atoms with Crippen LogP contribution in [0.25, 0.3) is 10.2 Å². The Morgan fingerprint density at radius 2 is 2.00 bits per heavy atom. The summed E-state index contributed by atoms with van der Waals surface area (Å²) in [7, 11) is 0. The SMILES string of the molecule is C[C@H](CCc1ccccc1)NC(=O)CCCn1c(=O)[nH]c2ccsc2c1=O. The Kier molecular flexibility index (Phi) is 6.24. The first-order valence-corrected chi connectivity index (χ1v) is 9.96. The number of carbonyl (C=O) groups excluding carboxylic acids is 1. The largest absolute Gasteiger partial charge is 0.354 e. The minimum absolute atomic E-state index is 0.0581. The average molecular weight is 385 g/mol. The van der Waals surface area contributed by atoms with Gasteiger partial charge in [-0.1, -0.05) is 30.3 Å². The van der Waals surface area contributed by atoms with Crippen LogP contribution in [0.5, 0.6) is 0 Å². The van der Waals surface area contributed by atoms with Gasteiger partial charge in [-0.3, -0.25) is 14.2 Å². The molecule has 0 saturated carbocycles. The molecule has 2 aromatic heterocycles. The Hall–Kier alpha value is -2.67. The molecule has 142 valence electrons. The molecule has 0 spiro atoms. The van der Waals surface area contributed by atoms with Crippen molar-refractivity contribution in [2.45, 2.75) is 45.2 Å². The van der Waals surface area contributed by atoms with Crippen molar-refractivity contribution in [3.05, 3.63) is 68.2 Å². The average Bonchev–Trinajstić information content (AvgIpc) is 3.12. The van der Waals surface area contributed by atoms with E-state index in [4.69, 9.17) is 0 Å². The van der Waals surface area contributed by atoms with E-state index >= 15 is 0 Å². The zero-order valence-corrected chi connectivity index (χ0v) is 16.1. The van der Waals surface area contributed by atoms with Gasteiger partial charge in [-0.2, -0.15) is 0 Å². The van der Waals surface area contributed by atoms with Crippen LogP contribution in [0.2, 0.25) is 0 Å². The molecule has 1 atom stereocenters. The first kappa shape index (κ1) is 19.1. The Bertz CT molecular complexity index is 1020. The van der Waals surface area contributed by atoms with Crippen molar-refractivity contribution in [3.8, 4) is 0 Å². The molecule has 0 aliphatic carbocycles. The summed E-state index contributed by atoms with van der Waals surface area (Å²) in [6.07, 6.45) is 2.50. The smallest absolute Gasteiger partial charge is 0.328 e. The van der Waals surface area contributed by atoms with Crippen molar-refractivity contribution >= 4 is 27.5 Å². The summed E-state index contributed by atoms with van der Waals surface area (Å²) in [5, 5.41) is 4.76. The lowest BCUT2D eigenvalue weighted by Gasteiger charge is -2.14. The fourth-order valence-electron chi connectivity index (χ4n) is 3.02. The number of fused-ring (bicyclic) bond motifs is 1. The second-order valence-corrected chi connectivity index (χ2v) is 7.56. The molecule has 2 N–H and O–H groups in total. The van der Waals surface area contributed by atoms with E-state index in [0.717, 1.165) is 12.8 Å². The molecule has 0 radical (unpaired) electrons.